The van der Waals surface area contributed by atoms with E-state index >= 15 is 0 Å². The lowest BCUT2D eigenvalue weighted by Gasteiger charge is -2.26. The first kappa shape index (κ1) is 12.4. The molecule has 0 unspecified atom stereocenters. The molecule has 0 N–H and O–H groups in total. The van der Waals surface area contributed by atoms with E-state index in [1.165, 1.54) is 32.8 Å². The van der Waals surface area contributed by atoms with Crippen LogP contribution in [0.25, 0.3) is 0 Å². The molecule has 96 valence electrons. The summed E-state index contributed by atoms with van der Waals surface area (Å²) in [7, 11) is 1.39. The summed E-state index contributed by atoms with van der Waals surface area (Å²) in [6, 6.07) is 0.361. The van der Waals surface area contributed by atoms with Crippen LogP contribution in [0.15, 0.2) is 0 Å². The third-order valence-corrected chi connectivity index (χ3v) is 3.96. The summed E-state index contributed by atoms with van der Waals surface area (Å²) < 4.78 is 4.72. The fourth-order valence-electron chi connectivity index (χ4n) is 2.98. The lowest BCUT2D eigenvalue weighted by atomic mass is 10.1. The van der Waals surface area contributed by atoms with E-state index in [9.17, 15) is 9.59 Å². The minimum absolute atomic E-state index is 0.132. The van der Waals surface area contributed by atoms with Crippen LogP contribution in [-0.4, -0.2) is 36.5 Å². The number of hydrogen-bond donors (Lipinski definition) is 0. The summed E-state index contributed by atoms with van der Waals surface area (Å²) in [5.41, 5.74) is 0. The quantitative estimate of drug-likeness (QED) is 0.544. The van der Waals surface area contributed by atoms with Crippen molar-refractivity contribution >= 4 is 11.9 Å². The van der Waals surface area contributed by atoms with Gasteiger partial charge < -0.3 is 9.64 Å². The highest BCUT2D eigenvalue weighted by Crippen LogP contribution is 2.28. The van der Waals surface area contributed by atoms with Crippen LogP contribution in [0.4, 0.5) is 0 Å². The number of carbonyl (C=O) groups excluding carboxylic acids is 2. The molecule has 1 amide bonds. The topological polar surface area (TPSA) is 46.6 Å². The van der Waals surface area contributed by atoms with Crippen LogP contribution in [0.5, 0.6) is 0 Å². The number of amides is 1. The minimum atomic E-state index is -0.241. The Hall–Kier alpha value is -1.06. The third-order valence-electron chi connectivity index (χ3n) is 3.96. The van der Waals surface area contributed by atoms with Crippen molar-refractivity contribution in [1.29, 1.82) is 0 Å². The normalized spacial score (nSPS) is 27.0. The molecule has 2 rings (SSSR count). The maximum atomic E-state index is 11.9. The standard InChI is InChI=1S/C13H21NO3/c1-17-13(16)10-8-12(15)14(9-10)11-6-4-2-3-5-7-11/h10-11H,2-9H2,1H3/t10-/m0/s1. The van der Waals surface area contributed by atoms with Gasteiger partial charge in [-0.2, -0.15) is 0 Å². The second kappa shape index (κ2) is 5.52. The second-order valence-corrected chi connectivity index (χ2v) is 5.12. The SMILES string of the molecule is COC(=O)[C@H]1CC(=O)N(C2CCCCCC2)C1. The van der Waals surface area contributed by atoms with E-state index in [1.807, 2.05) is 4.90 Å². The van der Waals surface area contributed by atoms with Gasteiger partial charge in [-0.1, -0.05) is 25.7 Å². The van der Waals surface area contributed by atoms with E-state index in [-0.39, 0.29) is 17.8 Å². The van der Waals surface area contributed by atoms with Crippen LogP contribution < -0.4 is 0 Å². The third kappa shape index (κ3) is 2.79. The molecule has 1 saturated carbocycles. The van der Waals surface area contributed by atoms with Crippen molar-refractivity contribution in [2.75, 3.05) is 13.7 Å². The van der Waals surface area contributed by atoms with Crippen LogP contribution >= 0.6 is 0 Å². The lowest BCUT2D eigenvalue weighted by Crippen LogP contribution is -2.36. The van der Waals surface area contributed by atoms with Crippen molar-refractivity contribution in [3.63, 3.8) is 0 Å². The lowest BCUT2D eigenvalue weighted by molar-refractivity contribution is -0.145. The molecule has 0 aromatic carbocycles. The smallest absolute Gasteiger partial charge is 0.310 e. The first-order valence-electron chi connectivity index (χ1n) is 6.59. The van der Waals surface area contributed by atoms with Gasteiger partial charge in [0, 0.05) is 19.0 Å². The van der Waals surface area contributed by atoms with Crippen molar-refractivity contribution in [3.8, 4) is 0 Å². The number of hydrogen-bond acceptors (Lipinski definition) is 3. The monoisotopic (exact) mass is 239 g/mol. The summed E-state index contributed by atoms with van der Waals surface area (Å²) in [5, 5.41) is 0. The van der Waals surface area contributed by atoms with Gasteiger partial charge in [0.25, 0.3) is 0 Å². The zero-order valence-corrected chi connectivity index (χ0v) is 10.5. The largest absolute Gasteiger partial charge is 0.469 e. The van der Waals surface area contributed by atoms with Crippen LogP contribution in [0, 0.1) is 5.92 Å². The Bertz CT molecular complexity index is 295. The van der Waals surface area contributed by atoms with E-state index in [4.69, 9.17) is 4.74 Å². The van der Waals surface area contributed by atoms with E-state index in [1.54, 1.807) is 0 Å². The van der Waals surface area contributed by atoms with Gasteiger partial charge >= 0.3 is 5.97 Å². The Balaban J connectivity index is 1.96. The average molecular weight is 239 g/mol. The van der Waals surface area contributed by atoms with Crippen LogP contribution in [0.2, 0.25) is 0 Å². The summed E-state index contributed by atoms with van der Waals surface area (Å²) in [5.74, 6) is -0.350. The van der Waals surface area contributed by atoms with Crippen LogP contribution in [-0.2, 0) is 14.3 Å². The van der Waals surface area contributed by atoms with Gasteiger partial charge in [-0.3, -0.25) is 9.59 Å². The maximum absolute atomic E-state index is 11.9. The number of methoxy groups -OCH3 is 1. The molecule has 17 heavy (non-hydrogen) atoms. The Morgan fingerprint density at radius 1 is 1.24 bits per heavy atom. The molecule has 0 bridgehead atoms. The van der Waals surface area contributed by atoms with Gasteiger partial charge in [-0.05, 0) is 12.8 Å². The van der Waals surface area contributed by atoms with E-state index < -0.39 is 0 Å². The molecule has 1 atom stereocenters. The molecule has 2 aliphatic rings. The molecule has 0 aromatic rings. The Morgan fingerprint density at radius 2 is 1.88 bits per heavy atom. The number of esters is 1. The van der Waals surface area contributed by atoms with Gasteiger partial charge in [0.05, 0.1) is 13.0 Å². The predicted molar refractivity (Wildman–Crippen MR) is 63.3 cm³/mol. The van der Waals surface area contributed by atoms with Gasteiger partial charge in [-0.15, -0.1) is 0 Å². The number of ether oxygens (including phenoxy) is 1. The zero-order chi connectivity index (χ0) is 12.3. The summed E-state index contributed by atoms with van der Waals surface area (Å²) in [6.07, 6.45) is 7.50. The van der Waals surface area contributed by atoms with E-state index in [0.29, 0.717) is 19.0 Å². The second-order valence-electron chi connectivity index (χ2n) is 5.12. The van der Waals surface area contributed by atoms with Gasteiger partial charge in [0.1, 0.15) is 0 Å². The summed E-state index contributed by atoms with van der Waals surface area (Å²) in [4.78, 5) is 25.3. The van der Waals surface area contributed by atoms with Crippen LogP contribution in [0.1, 0.15) is 44.9 Å². The first-order chi connectivity index (χ1) is 8.22. The molecular weight excluding hydrogens is 218 g/mol. The Morgan fingerprint density at radius 3 is 2.47 bits per heavy atom. The summed E-state index contributed by atoms with van der Waals surface area (Å²) in [6.45, 7) is 0.566. The molecule has 0 aromatic heterocycles. The van der Waals surface area contributed by atoms with E-state index in [0.717, 1.165) is 12.8 Å². The Labute approximate surface area is 102 Å². The molecule has 1 saturated heterocycles. The maximum Gasteiger partial charge on any atom is 0.310 e. The Kier molecular flexibility index (Phi) is 4.02. The van der Waals surface area contributed by atoms with Crippen molar-refractivity contribution in [2.45, 2.75) is 51.0 Å². The summed E-state index contributed by atoms with van der Waals surface area (Å²) >= 11 is 0. The first-order valence-corrected chi connectivity index (χ1v) is 6.59. The van der Waals surface area contributed by atoms with Gasteiger partial charge in [0.15, 0.2) is 0 Å². The van der Waals surface area contributed by atoms with Gasteiger partial charge in [-0.25, -0.2) is 0 Å². The molecule has 0 radical (unpaired) electrons. The molecule has 1 heterocycles. The average Bonchev–Trinajstić information content (AvgIpc) is 2.56. The zero-order valence-electron chi connectivity index (χ0n) is 10.5. The van der Waals surface area contributed by atoms with Crippen molar-refractivity contribution in [1.82, 2.24) is 4.90 Å². The fraction of sp³-hybridized carbons (Fsp3) is 0.846. The number of nitrogens with zero attached hydrogens (tertiary/aromatic N) is 1. The highest BCUT2D eigenvalue weighted by Gasteiger charge is 2.38. The van der Waals surface area contributed by atoms with Gasteiger partial charge in [0.2, 0.25) is 5.91 Å². The molecule has 4 heteroatoms. The van der Waals surface area contributed by atoms with E-state index in [2.05, 4.69) is 0 Å². The van der Waals surface area contributed by atoms with Crippen molar-refractivity contribution in [3.05, 3.63) is 0 Å². The molecular formula is C13H21NO3. The number of likely N-dealkylation sites (tertiary alicyclic amines) is 1. The number of carbonyl (C=O) groups is 2. The molecule has 4 nitrogen and oxygen atoms in total. The van der Waals surface area contributed by atoms with Crippen LogP contribution in [0.3, 0.4) is 0 Å². The molecule has 1 aliphatic heterocycles. The van der Waals surface area contributed by atoms with Crippen molar-refractivity contribution in [2.24, 2.45) is 5.92 Å². The molecule has 1 aliphatic carbocycles. The minimum Gasteiger partial charge on any atom is -0.469 e. The predicted octanol–water partition coefficient (Wildman–Crippen LogP) is 1.73. The highest BCUT2D eigenvalue weighted by atomic mass is 16.5. The fourth-order valence-corrected chi connectivity index (χ4v) is 2.98. The number of rotatable bonds is 2. The van der Waals surface area contributed by atoms with Crippen molar-refractivity contribution < 1.29 is 14.3 Å². The molecule has 2 fully saturated rings. The molecule has 0 spiro atoms. The highest BCUT2D eigenvalue weighted by molar-refractivity contribution is 5.86.